The highest BCUT2D eigenvalue weighted by atomic mass is 19.4. The van der Waals surface area contributed by atoms with Crippen molar-refractivity contribution in [3.8, 4) is 0 Å². The molecule has 0 saturated heterocycles. The van der Waals surface area contributed by atoms with Gasteiger partial charge in [0.2, 0.25) is 0 Å². The summed E-state index contributed by atoms with van der Waals surface area (Å²) in [6, 6.07) is 0. The van der Waals surface area contributed by atoms with Crippen LogP contribution < -0.4 is 0 Å². The van der Waals surface area contributed by atoms with Gasteiger partial charge in [-0.1, -0.05) is 62.6 Å². The molecule has 0 aliphatic carbocycles. The predicted octanol–water partition coefficient (Wildman–Crippen LogP) is 9.56. The number of esters is 1. The number of carbonyl (C=O) groups is 1. The van der Waals surface area contributed by atoms with Crippen molar-refractivity contribution in [3.63, 3.8) is 0 Å². The Morgan fingerprint density at radius 1 is 0.667 bits per heavy atom. The van der Waals surface area contributed by atoms with Gasteiger partial charge in [-0.25, -0.2) is 8.78 Å². The molecule has 0 amide bonds. The maximum Gasteiger partial charge on any atom is 0.384 e. The van der Waals surface area contributed by atoms with Gasteiger partial charge in [0.05, 0.1) is 0 Å². The second kappa shape index (κ2) is 16.2. The maximum absolute atomic E-state index is 13.6. The monoisotopic (exact) mass is 592 g/mol. The van der Waals surface area contributed by atoms with Crippen LogP contribution in [0.3, 0.4) is 0 Å². The Kier molecular flexibility index (Phi) is 15.3. The molecule has 0 saturated carbocycles. The van der Waals surface area contributed by atoms with Gasteiger partial charge in [0.25, 0.3) is 0 Å². The summed E-state index contributed by atoms with van der Waals surface area (Å²) in [7, 11) is 0. The Labute approximate surface area is 219 Å². The van der Waals surface area contributed by atoms with Crippen molar-refractivity contribution in [1.82, 2.24) is 0 Å². The van der Waals surface area contributed by atoms with Crippen LogP contribution in [0.15, 0.2) is 36.5 Å². The van der Waals surface area contributed by atoms with Crippen LogP contribution in [0.2, 0.25) is 0 Å². The van der Waals surface area contributed by atoms with E-state index in [0.717, 1.165) is 38.5 Å². The highest BCUT2D eigenvalue weighted by Gasteiger charge is 2.87. The maximum atomic E-state index is 13.6. The molecular formula is C25H32F12O2. The quantitative estimate of drug-likeness (QED) is 0.0609. The molecule has 0 N–H and O–H groups in total. The summed E-state index contributed by atoms with van der Waals surface area (Å²) in [4.78, 5) is 11.5. The Hall–Kier alpha value is -2.15. The lowest BCUT2D eigenvalue weighted by atomic mass is 9.94. The number of halogens is 12. The Bertz CT molecular complexity index is 805. The van der Waals surface area contributed by atoms with E-state index in [-0.39, 0.29) is 6.42 Å². The van der Waals surface area contributed by atoms with Crippen molar-refractivity contribution in [2.45, 2.75) is 107 Å². The van der Waals surface area contributed by atoms with Crippen molar-refractivity contribution in [3.05, 3.63) is 36.5 Å². The molecule has 0 aliphatic rings. The highest BCUT2D eigenvalue weighted by Crippen LogP contribution is 2.58. The predicted molar refractivity (Wildman–Crippen MR) is 121 cm³/mol. The first kappa shape index (κ1) is 36.8. The molecule has 0 aromatic rings. The molecule has 0 aromatic carbocycles. The van der Waals surface area contributed by atoms with Crippen LogP contribution in [0.1, 0.15) is 71.1 Å². The SMILES string of the molecule is CC/C=C\C/C=C\C/C=C\CCCCCCCC(=O)OCC(F)(F)C(F)(F)C(F)(F)C(F)(F)C(F)(F)C(F)F. The standard InChI is InChI=1S/C25H32F12O2/c1-2-3-4-5-6-7-8-9-10-11-12-13-14-15-16-17-19(38)39-18-21(28,29)23(32,33)25(36,37)24(34,35)22(30,31)20(26)27/h3-4,6-7,9-10,20H,2,5,8,11-18H2,1H3/b4-3-,7-6-,10-9-. The lowest BCUT2D eigenvalue weighted by Crippen LogP contribution is -2.69. The van der Waals surface area contributed by atoms with Crippen molar-refractivity contribution in [1.29, 1.82) is 0 Å². The molecule has 0 radical (unpaired) electrons. The normalized spacial score (nSPS) is 14.4. The minimum Gasteiger partial charge on any atom is -0.459 e. The van der Waals surface area contributed by atoms with E-state index in [1.807, 2.05) is 31.2 Å². The molecule has 0 rings (SSSR count). The molecule has 2 nitrogen and oxygen atoms in total. The molecule has 0 aliphatic heterocycles. The minimum absolute atomic E-state index is 0.0444. The summed E-state index contributed by atoms with van der Waals surface area (Å²) in [5, 5.41) is 0. The molecule has 0 spiro atoms. The number of hydrogen-bond donors (Lipinski definition) is 0. The minimum atomic E-state index is -7.63. The number of unbranched alkanes of at least 4 members (excludes halogenated alkanes) is 5. The average Bonchev–Trinajstić information content (AvgIpc) is 2.84. The summed E-state index contributed by atoms with van der Waals surface area (Å²) in [5.74, 6) is -37.4. The van der Waals surface area contributed by atoms with Gasteiger partial charge in [0.15, 0.2) is 6.61 Å². The first-order valence-corrected chi connectivity index (χ1v) is 12.2. The zero-order valence-corrected chi connectivity index (χ0v) is 21.2. The summed E-state index contributed by atoms with van der Waals surface area (Å²) in [6.45, 7) is -0.817. The number of carbonyl (C=O) groups excluding carboxylic acids is 1. The number of allylic oxidation sites excluding steroid dienone is 6. The summed E-state index contributed by atoms with van der Waals surface area (Å²) in [6.07, 6.45) is 12.1. The molecule has 228 valence electrons. The Morgan fingerprint density at radius 2 is 1.15 bits per heavy atom. The molecule has 0 unspecified atom stereocenters. The number of rotatable bonds is 20. The molecule has 0 aromatic heterocycles. The topological polar surface area (TPSA) is 26.3 Å². The van der Waals surface area contributed by atoms with Gasteiger partial charge in [0, 0.05) is 6.42 Å². The smallest absolute Gasteiger partial charge is 0.384 e. The molecule has 0 atom stereocenters. The number of ether oxygens (including phenoxy) is 1. The van der Waals surface area contributed by atoms with E-state index in [9.17, 15) is 57.5 Å². The van der Waals surface area contributed by atoms with Gasteiger partial charge in [0.1, 0.15) is 0 Å². The Morgan fingerprint density at radius 3 is 1.69 bits per heavy atom. The van der Waals surface area contributed by atoms with Crippen molar-refractivity contribution >= 4 is 5.97 Å². The highest BCUT2D eigenvalue weighted by molar-refractivity contribution is 5.69. The van der Waals surface area contributed by atoms with Crippen LogP contribution in [-0.2, 0) is 9.53 Å². The molecule has 14 heteroatoms. The van der Waals surface area contributed by atoms with E-state index < -0.39 is 55.0 Å². The van der Waals surface area contributed by atoms with Crippen LogP contribution in [0.5, 0.6) is 0 Å². The fraction of sp³-hybridized carbons (Fsp3) is 0.720. The van der Waals surface area contributed by atoms with Gasteiger partial charge in [-0.05, 0) is 38.5 Å². The fourth-order valence-corrected chi connectivity index (χ4v) is 3.00. The summed E-state index contributed by atoms with van der Waals surface area (Å²) >= 11 is 0. The van der Waals surface area contributed by atoms with Crippen LogP contribution in [0.25, 0.3) is 0 Å². The van der Waals surface area contributed by atoms with Gasteiger partial charge in [-0.15, -0.1) is 0 Å². The van der Waals surface area contributed by atoms with Crippen LogP contribution in [0.4, 0.5) is 52.7 Å². The van der Waals surface area contributed by atoms with E-state index in [0.29, 0.717) is 12.8 Å². The van der Waals surface area contributed by atoms with E-state index in [1.54, 1.807) is 0 Å². The Balaban J connectivity index is 4.47. The molecular weight excluding hydrogens is 560 g/mol. The lowest BCUT2D eigenvalue weighted by Gasteiger charge is -2.38. The lowest BCUT2D eigenvalue weighted by molar-refractivity contribution is -0.414. The van der Waals surface area contributed by atoms with E-state index in [4.69, 9.17) is 0 Å². The van der Waals surface area contributed by atoms with Gasteiger partial charge in [-0.2, -0.15) is 43.9 Å². The van der Waals surface area contributed by atoms with Crippen LogP contribution in [0, 0.1) is 0 Å². The van der Waals surface area contributed by atoms with E-state index in [1.165, 1.54) is 0 Å². The second-order valence-corrected chi connectivity index (χ2v) is 8.61. The third kappa shape index (κ3) is 10.4. The average molecular weight is 593 g/mol. The third-order valence-corrected chi connectivity index (χ3v) is 5.39. The first-order chi connectivity index (χ1) is 17.9. The van der Waals surface area contributed by atoms with Crippen molar-refractivity contribution in [2.75, 3.05) is 6.61 Å². The molecule has 0 bridgehead atoms. The summed E-state index contributed by atoms with van der Waals surface area (Å²) in [5.41, 5.74) is 0. The zero-order chi connectivity index (χ0) is 30.4. The molecule has 39 heavy (non-hydrogen) atoms. The molecule has 0 fully saturated rings. The van der Waals surface area contributed by atoms with E-state index in [2.05, 4.69) is 16.9 Å². The van der Waals surface area contributed by atoms with E-state index >= 15 is 0 Å². The number of alkyl halides is 12. The summed E-state index contributed by atoms with van der Waals surface area (Å²) < 4.78 is 161. The van der Waals surface area contributed by atoms with Crippen molar-refractivity contribution in [2.24, 2.45) is 0 Å². The van der Waals surface area contributed by atoms with Crippen LogP contribution >= 0.6 is 0 Å². The van der Waals surface area contributed by atoms with Gasteiger partial charge in [-0.3, -0.25) is 4.79 Å². The zero-order valence-electron chi connectivity index (χ0n) is 21.2. The van der Waals surface area contributed by atoms with Crippen molar-refractivity contribution < 1.29 is 62.2 Å². The largest absolute Gasteiger partial charge is 0.459 e. The number of hydrogen-bond acceptors (Lipinski definition) is 2. The fourth-order valence-electron chi connectivity index (χ4n) is 3.00. The van der Waals surface area contributed by atoms with Gasteiger partial charge < -0.3 is 4.74 Å². The second-order valence-electron chi connectivity index (χ2n) is 8.61. The third-order valence-electron chi connectivity index (χ3n) is 5.39. The molecule has 0 heterocycles. The van der Waals surface area contributed by atoms with Crippen LogP contribution in [-0.4, -0.2) is 48.6 Å². The van der Waals surface area contributed by atoms with Gasteiger partial charge >= 0.3 is 42.0 Å². The first-order valence-electron chi connectivity index (χ1n) is 12.2.